The molecule has 0 atom stereocenters. The molecule has 0 saturated carbocycles. The highest BCUT2D eigenvalue weighted by Gasteiger charge is 2.01. The molecule has 0 aliphatic heterocycles. The van der Waals surface area contributed by atoms with E-state index in [9.17, 15) is 0 Å². The highest BCUT2D eigenvalue weighted by Crippen LogP contribution is 2.11. The van der Waals surface area contributed by atoms with Crippen LogP contribution in [0, 0.1) is 5.92 Å². The molecule has 0 saturated heterocycles. The van der Waals surface area contributed by atoms with Crippen molar-refractivity contribution in [3.8, 4) is 0 Å². The van der Waals surface area contributed by atoms with Gasteiger partial charge in [-0.1, -0.05) is 32.4 Å². The normalized spacial score (nSPS) is 12.7. The van der Waals surface area contributed by atoms with Crippen molar-refractivity contribution in [2.24, 2.45) is 5.92 Å². The summed E-state index contributed by atoms with van der Waals surface area (Å²) in [5.74, 6) is 0.701. The lowest BCUT2D eigenvalue weighted by molar-refractivity contribution is 0.532. The van der Waals surface area contributed by atoms with Crippen LogP contribution in [0.4, 0.5) is 0 Å². The van der Waals surface area contributed by atoms with Gasteiger partial charge >= 0.3 is 0 Å². The predicted molar refractivity (Wildman–Crippen MR) is 78.6 cm³/mol. The lowest BCUT2D eigenvalue weighted by Crippen LogP contribution is -2.21. The number of nitrogens with one attached hydrogen (secondary N) is 1. The Morgan fingerprint density at radius 3 is 2.61 bits per heavy atom. The summed E-state index contributed by atoms with van der Waals surface area (Å²) in [4.78, 5) is 0. The molecule has 3 heteroatoms. The van der Waals surface area contributed by atoms with Gasteiger partial charge in [0.25, 0.3) is 0 Å². The van der Waals surface area contributed by atoms with Crippen molar-refractivity contribution in [2.75, 3.05) is 13.1 Å². The Bertz CT molecular complexity index is 375. The highest BCUT2D eigenvalue weighted by molar-refractivity contribution is 5.51. The second-order valence-electron chi connectivity index (χ2n) is 5.53. The smallest absolute Gasteiger partial charge is 0.0562 e. The summed E-state index contributed by atoms with van der Waals surface area (Å²) in [5.41, 5.74) is 2.63. The average molecular weight is 249 g/mol. The minimum Gasteiger partial charge on any atom is -0.313 e. The Kier molecular flexibility index (Phi) is 6.13. The van der Waals surface area contributed by atoms with Crippen LogP contribution in [0.1, 0.15) is 52.6 Å². The van der Waals surface area contributed by atoms with E-state index in [0.29, 0.717) is 12.0 Å². The van der Waals surface area contributed by atoms with Crippen LogP contribution in [0.5, 0.6) is 0 Å². The number of rotatable bonds is 7. The van der Waals surface area contributed by atoms with Crippen molar-refractivity contribution in [3.05, 3.63) is 23.5 Å². The minimum atomic E-state index is 0.427. The maximum absolute atomic E-state index is 4.36. The van der Waals surface area contributed by atoms with Gasteiger partial charge in [0.15, 0.2) is 0 Å². The van der Waals surface area contributed by atoms with Gasteiger partial charge in [-0.15, -0.1) is 0 Å². The van der Waals surface area contributed by atoms with Gasteiger partial charge in [0.2, 0.25) is 0 Å². The zero-order chi connectivity index (χ0) is 13.5. The first kappa shape index (κ1) is 15.0. The Morgan fingerprint density at radius 2 is 2.11 bits per heavy atom. The van der Waals surface area contributed by atoms with Crippen LogP contribution in [-0.2, 0) is 0 Å². The van der Waals surface area contributed by atoms with E-state index in [1.54, 1.807) is 0 Å². The molecule has 0 radical (unpaired) electrons. The van der Waals surface area contributed by atoms with E-state index < -0.39 is 0 Å². The van der Waals surface area contributed by atoms with E-state index in [2.05, 4.69) is 57.3 Å². The van der Waals surface area contributed by atoms with Gasteiger partial charge in [-0.05, 0) is 32.7 Å². The quantitative estimate of drug-likeness (QED) is 0.801. The van der Waals surface area contributed by atoms with E-state index >= 15 is 0 Å². The van der Waals surface area contributed by atoms with Gasteiger partial charge < -0.3 is 5.32 Å². The monoisotopic (exact) mass is 249 g/mol. The molecule has 0 aliphatic carbocycles. The van der Waals surface area contributed by atoms with E-state index in [4.69, 9.17) is 0 Å². The van der Waals surface area contributed by atoms with Gasteiger partial charge in [0, 0.05) is 24.3 Å². The van der Waals surface area contributed by atoms with Gasteiger partial charge in [-0.3, -0.25) is 4.68 Å². The third kappa shape index (κ3) is 5.05. The largest absolute Gasteiger partial charge is 0.313 e. The molecule has 3 nitrogen and oxygen atoms in total. The van der Waals surface area contributed by atoms with Crippen molar-refractivity contribution >= 4 is 6.08 Å². The summed E-state index contributed by atoms with van der Waals surface area (Å²) in [6.07, 6.45) is 7.39. The summed E-state index contributed by atoms with van der Waals surface area (Å²) >= 11 is 0. The lowest BCUT2D eigenvalue weighted by atomic mass is 10.1. The molecule has 102 valence electrons. The van der Waals surface area contributed by atoms with E-state index in [1.807, 2.05) is 10.9 Å². The molecule has 18 heavy (non-hydrogen) atoms. The molecule has 0 bridgehead atoms. The molecule has 0 amide bonds. The summed E-state index contributed by atoms with van der Waals surface area (Å²) in [6, 6.07) is 0.427. The third-order valence-corrected chi connectivity index (χ3v) is 2.88. The fourth-order valence-electron chi connectivity index (χ4n) is 1.74. The van der Waals surface area contributed by atoms with Crippen LogP contribution in [0.25, 0.3) is 6.08 Å². The predicted octanol–water partition coefficient (Wildman–Crippen LogP) is 3.50. The molecule has 1 heterocycles. The summed E-state index contributed by atoms with van der Waals surface area (Å²) in [7, 11) is 0. The Labute approximate surface area is 111 Å². The maximum atomic E-state index is 4.36. The van der Waals surface area contributed by atoms with Gasteiger partial charge in [0.1, 0.15) is 0 Å². The number of aromatic nitrogens is 2. The van der Waals surface area contributed by atoms with Crippen LogP contribution >= 0.6 is 0 Å². The SMILES string of the molecule is CCC(=Cc1cnn(C(C)C)c1)CNCC(C)C. The number of hydrogen-bond donors (Lipinski definition) is 1. The molecule has 0 unspecified atom stereocenters. The fraction of sp³-hybridized carbons (Fsp3) is 0.667. The van der Waals surface area contributed by atoms with Gasteiger partial charge in [-0.25, -0.2) is 0 Å². The molecular formula is C15H27N3. The summed E-state index contributed by atoms with van der Waals surface area (Å²) < 4.78 is 2.00. The van der Waals surface area contributed by atoms with Crippen molar-refractivity contribution in [2.45, 2.75) is 47.1 Å². The van der Waals surface area contributed by atoms with E-state index in [0.717, 1.165) is 19.5 Å². The van der Waals surface area contributed by atoms with E-state index in [-0.39, 0.29) is 0 Å². The molecule has 1 aromatic rings. The molecule has 0 spiro atoms. The first-order valence-corrected chi connectivity index (χ1v) is 6.97. The first-order chi connectivity index (χ1) is 8.52. The van der Waals surface area contributed by atoms with Crippen molar-refractivity contribution in [3.63, 3.8) is 0 Å². The van der Waals surface area contributed by atoms with Crippen LogP contribution < -0.4 is 5.32 Å². The lowest BCUT2D eigenvalue weighted by Gasteiger charge is -2.09. The van der Waals surface area contributed by atoms with Crippen molar-refractivity contribution in [1.82, 2.24) is 15.1 Å². The number of nitrogens with zero attached hydrogens (tertiary/aromatic N) is 2. The molecule has 0 aliphatic rings. The van der Waals surface area contributed by atoms with Crippen LogP contribution in [-0.4, -0.2) is 22.9 Å². The van der Waals surface area contributed by atoms with Crippen molar-refractivity contribution < 1.29 is 0 Å². The number of hydrogen-bond acceptors (Lipinski definition) is 2. The minimum absolute atomic E-state index is 0.427. The van der Waals surface area contributed by atoms with Gasteiger partial charge in [-0.2, -0.15) is 5.10 Å². The maximum Gasteiger partial charge on any atom is 0.0562 e. The Morgan fingerprint density at radius 1 is 1.39 bits per heavy atom. The Balaban J connectivity index is 2.59. The molecule has 1 N–H and O–H groups in total. The fourth-order valence-corrected chi connectivity index (χ4v) is 1.74. The summed E-state index contributed by atoms with van der Waals surface area (Å²) in [6.45, 7) is 13.0. The molecule has 1 rings (SSSR count). The topological polar surface area (TPSA) is 29.9 Å². The first-order valence-electron chi connectivity index (χ1n) is 6.97. The zero-order valence-electron chi connectivity index (χ0n) is 12.4. The second-order valence-corrected chi connectivity index (χ2v) is 5.53. The van der Waals surface area contributed by atoms with E-state index in [1.165, 1.54) is 11.1 Å². The molecule has 0 aromatic carbocycles. The molecular weight excluding hydrogens is 222 g/mol. The Hall–Kier alpha value is -1.09. The van der Waals surface area contributed by atoms with Crippen LogP contribution in [0.15, 0.2) is 18.0 Å². The summed E-state index contributed by atoms with van der Waals surface area (Å²) in [5, 5.41) is 7.85. The average Bonchev–Trinajstić information content (AvgIpc) is 2.76. The second kappa shape index (κ2) is 7.37. The standard InChI is InChI=1S/C15H27N3/c1-6-14(9-16-8-12(2)3)7-15-10-17-18(11-15)13(4)5/h7,10-13,16H,6,8-9H2,1-5H3. The van der Waals surface area contributed by atoms with Gasteiger partial charge in [0.05, 0.1) is 6.20 Å². The molecule has 1 aromatic heterocycles. The highest BCUT2D eigenvalue weighted by atomic mass is 15.3. The van der Waals surface area contributed by atoms with Crippen LogP contribution in [0.2, 0.25) is 0 Å². The third-order valence-electron chi connectivity index (χ3n) is 2.88. The zero-order valence-corrected chi connectivity index (χ0v) is 12.4. The van der Waals surface area contributed by atoms with Crippen molar-refractivity contribution in [1.29, 1.82) is 0 Å². The molecule has 0 fully saturated rings. The van der Waals surface area contributed by atoms with Crippen LogP contribution in [0.3, 0.4) is 0 Å².